The lowest BCUT2D eigenvalue weighted by Gasteiger charge is -2.18. The highest BCUT2D eigenvalue weighted by Gasteiger charge is 2.33. The van der Waals surface area contributed by atoms with Crippen LogP contribution in [-0.4, -0.2) is 10.9 Å². The summed E-state index contributed by atoms with van der Waals surface area (Å²) in [5.41, 5.74) is 0.436. The molecule has 0 unspecified atom stereocenters. The second kappa shape index (κ2) is 10.7. The normalized spacial score (nSPS) is 11.4. The third kappa shape index (κ3) is 5.81. The summed E-state index contributed by atoms with van der Waals surface area (Å²) in [4.78, 5) is 20.0. The Kier molecular flexibility index (Phi) is 7.21. The molecule has 0 radical (unpaired) electrons. The lowest BCUT2D eigenvalue weighted by Crippen LogP contribution is -2.16. The number of hydrogen-bond acceptors (Lipinski definition) is 4. The zero-order chi connectivity index (χ0) is 25.8. The van der Waals surface area contributed by atoms with Gasteiger partial charge in [-0.1, -0.05) is 78.1 Å². The Morgan fingerprint density at radius 3 is 1.86 bits per heavy atom. The first-order valence-corrected chi connectivity index (χ1v) is 12.9. The Morgan fingerprint density at radius 1 is 0.730 bits per heavy atom. The van der Waals surface area contributed by atoms with Gasteiger partial charge in [0.25, 0.3) is 5.91 Å². The zero-order valence-corrected chi connectivity index (χ0v) is 20.8. The molecule has 1 amide bonds. The van der Waals surface area contributed by atoms with E-state index in [2.05, 4.69) is 10.3 Å². The van der Waals surface area contributed by atoms with Gasteiger partial charge in [0.1, 0.15) is 0 Å². The molecule has 1 aromatic heterocycles. The summed E-state index contributed by atoms with van der Waals surface area (Å²) in [5, 5.41) is 3.74. The first-order chi connectivity index (χ1) is 17.9. The van der Waals surface area contributed by atoms with Gasteiger partial charge in [0.05, 0.1) is 22.3 Å². The molecule has 0 aliphatic rings. The molecule has 0 atom stereocenters. The minimum absolute atomic E-state index is 0.170. The maximum Gasteiger partial charge on any atom is 0.416 e. The molecule has 8 heteroatoms. The summed E-state index contributed by atoms with van der Waals surface area (Å²) in [6.07, 6.45) is -2.95. The van der Waals surface area contributed by atoms with Crippen LogP contribution in [0.4, 0.5) is 18.9 Å². The Hall–Kier alpha value is -3.75. The first-order valence-electron chi connectivity index (χ1n) is 11.2. The highest BCUT2D eigenvalue weighted by atomic mass is 32.2. The third-order valence-corrected chi connectivity index (χ3v) is 7.54. The topological polar surface area (TPSA) is 42.0 Å². The molecule has 37 heavy (non-hydrogen) atoms. The van der Waals surface area contributed by atoms with E-state index in [1.54, 1.807) is 72.9 Å². The largest absolute Gasteiger partial charge is 0.416 e. The van der Waals surface area contributed by atoms with Crippen LogP contribution >= 0.6 is 23.5 Å². The van der Waals surface area contributed by atoms with Crippen molar-refractivity contribution in [2.45, 2.75) is 25.8 Å². The number of aromatic nitrogens is 1. The van der Waals surface area contributed by atoms with E-state index in [0.717, 1.165) is 50.8 Å². The molecule has 3 nitrogen and oxygen atoms in total. The summed E-state index contributed by atoms with van der Waals surface area (Å²) in [6, 6.07) is 29.2. The van der Waals surface area contributed by atoms with Gasteiger partial charge in [0, 0.05) is 31.2 Å². The number of para-hydroxylation sites is 1. The van der Waals surface area contributed by atoms with Crippen LogP contribution in [-0.2, 0) is 6.18 Å². The maximum absolute atomic E-state index is 14.0. The first kappa shape index (κ1) is 24.9. The van der Waals surface area contributed by atoms with E-state index in [-0.39, 0.29) is 15.4 Å². The summed E-state index contributed by atoms with van der Waals surface area (Å²) in [5.74, 6) is -0.510. The predicted octanol–water partition coefficient (Wildman–Crippen LogP) is 8.81. The highest BCUT2D eigenvalue weighted by Crippen LogP contribution is 2.43. The van der Waals surface area contributed by atoms with Gasteiger partial charge >= 0.3 is 6.18 Å². The molecule has 4 aromatic carbocycles. The van der Waals surface area contributed by atoms with Crippen molar-refractivity contribution in [2.24, 2.45) is 0 Å². The van der Waals surface area contributed by atoms with E-state index >= 15 is 0 Å². The van der Waals surface area contributed by atoms with Crippen LogP contribution in [0.2, 0.25) is 0 Å². The van der Waals surface area contributed by atoms with Crippen LogP contribution in [0.3, 0.4) is 0 Å². The lowest BCUT2D eigenvalue weighted by atomic mass is 10.1. The quantitative estimate of drug-likeness (QED) is 0.237. The number of halogens is 3. The smallest absolute Gasteiger partial charge is 0.320 e. The predicted molar refractivity (Wildman–Crippen MR) is 142 cm³/mol. The van der Waals surface area contributed by atoms with Crippen LogP contribution in [0.1, 0.15) is 15.9 Å². The number of anilines is 1. The molecule has 0 saturated carbocycles. The summed E-state index contributed by atoms with van der Waals surface area (Å²) in [7, 11) is 0. The fraction of sp³-hybridized carbons (Fsp3) is 0.0345. The van der Waals surface area contributed by atoms with Crippen LogP contribution in [0.25, 0.3) is 10.9 Å². The summed E-state index contributed by atoms with van der Waals surface area (Å²) in [6.45, 7) is 0. The average molecular weight is 533 g/mol. The molecular formula is C29H19F3N2OS2. The van der Waals surface area contributed by atoms with Crippen molar-refractivity contribution < 1.29 is 18.0 Å². The van der Waals surface area contributed by atoms with Gasteiger partial charge in [0.2, 0.25) is 0 Å². The number of hydrogen-bond donors (Lipinski definition) is 1. The summed E-state index contributed by atoms with van der Waals surface area (Å²) >= 11 is 2.24. The van der Waals surface area contributed by atoms with Crippen molar-refractivity contribution in [3.05, 3.63) is 120 Å². The molecule has 1 heterocycles. The molecule has 5 aromatic rings. The molecule has 5 rings (SSSR count). The second-order valence-electron chi connectivity index (χ2n) is 8.01. The van der Waals surface area contributed by atoms with Crippen molar-refractivity contribution in [3.8, 4) is 0 Å². The van der Waals surface area contributed by atoms with Gasteiger partial charge in [-0.2, -0.15) is 13.2 Å². The molecule has 0 bridgehead atoms. The number of carbonyl (C=O) groups is 1. The zero-order valence-electron chi connectivity index (χ0n) is 19.2. The lowest BCUT2D eigenvalue weighted by molar-refractivity contribution is -0.137. The Morgan fingerprint density at radius 2 is 1.30 bits per heavy atom. The molecule has 0 fully saturated rings. The molecule has 0 aliphatic heterocycles. The minimum atomic E-state index is -4.58. The van der Waals surface area contributed by atoms with E-state index < -0.39 is 17.6 Å². The fourth-order valence-corrected chi connectivity index (χ4v) is 5.90. The van der Waals surface area contributed by atoms with Crippen molar-refractivity contribution in [3.63, 3.8) is 0 Å². The van der Waals surface area contributed by atoms with E-state index in [9.17, 15) is 18.0 Å². The van der Waals surface area contributed by atoms with Crippen molar-refractivity contribution in [1.29, 1.82) is 0 Å². The number of amides is 1. The number of fused-ring (bicyclic) bond motifs is 1. The minimum Gasteiger partial charge on any atom is -0.320 e. The molecule has 0 aliphatic carbocycles. The number of pyridine rings is 1. The Labute approximate surface area is 220 Å². The fourth-order valence-electron chi connectivity index (χ4n) is 3.76. The number of benzene rings is 4. The van der Waals surface area contributed by atoms with Gasteiger partial charge in [-0.05, 0) is 48.5 Å². The van der Waals surface area contributed by atoms with Gasteiger partial charge in [-0.15, -0.1) is 0 Å². The number of nitrogens with one attached hydrogen (secondary N) is 1. The monoisotopic (exact) mass is 532 g/mol. The third-order valence-electron chi connectivity index (χ3n) is 5.44. The van der Waals surface area contributed by atoms with Crippen LogP contribution in [0.15, 0.2) is 129 Å². The number of carbonyl (C=O) groups excluding carboxylic acids is 1. The molecule has 0 spiro atoms. The standard InChI is InChI=1S/C29H19F3N2OS2/c30-29(31,32)20-17-24(36-21-11-3-1-4-12-21)26(25(18-20)37-22-13-5-2-6-14-22)28(35)34-23-15-7-9-19-10-8-16-33-27(19)23/h1-18H,(H,34,35). The Balaban J connectivity index is 1.65. The van der Waals surface area contributed by atoms with Gasteiger partial charge in [0.15, 0.2) is 0 Å². The number of rotatable bonds is 6. The van der Waals surface area contributed by atoms with Crippen molar-refractivity contribution >= 4 is 46.0 Å². The maximum atomic E-state index is 14.0. The van der Waals surface area contributed by atoms with Crippen LogP contribution < -0.4 is 5.32 Å². The van der Waals surface area contributed by atoms with Crippen molar-refractivity contribution in [2.75, 3.05) is 5.32 Å². The van der Waals surface area contributed by atoms with Crippen molar-refractivity contribution in [1.82, 2.24) is 4.98 Å². The van der Waals surface area contributed by atoms with E-state index in [1.165, 1.54) is 0 Å². The molecule has 0 saturated heterocycles. The van der Waals surface area contributed by atoms with Gasteiger partial charge < -0.3 is 5.32 Å². The number of nitrogens with zero attached hydrogens (tertiary/aromatic N) is 1. The second-order valence-corrected chi connectivity index (χ2v) is 10.2. The molecule has 184 valence electrons. The van der Waals surface area contributed by atoms with E-state index in [4.69, 9.17) is 0 Å². The van der Waals surface area contributed by atoms with Gasteiger partial charge in [-0.25, -0.2) is 0 Å². The SMILES string of the molecule is O=C(Nc1cccc2cccnc12)c1c(Sc2ccccc2)cc(C(F)(F)F)cc1Sc1ccccc1. The van der Waals surface area contributed by atoms with E-state index in [0.29, 0.717) is 11.2 Å². The van der Waals surface area contributed by atoms with Crippen LogP contribution in [0, 0.1) is 0 Å². The summed E-state index contributed by atoms with van der Waals surface area (Å²) < 4.78 is 41.9. The van der Waals surface area contributed by atoms with E-state index in [1.807, 2.05) is 24.3 Å². The average Bonchev–Trinajstić information content (AvgIpc) is 2.89. The Bertz CT molecular complexity index is 1490. The van der Waals surface area contributed by atoms with Gasteiger partial charge in [-0.3, -0.25) is 9.78 Å². The number of alkyl halides is 3. The molecular weight excluding hydrogens is 513 g/mol. The van der Waals surface area contributed by atoms with Crippen LogP contribution in [0.5, 0.6) is 0 Å². The highest BCUT2D eigenvalue weighted by molar-refractivity contribution is 8.00. The molecule has 1 N–H and O–H groups in total.